The summed E-state index contributed by atoms with van der Waals surface area (Å²) in [5, 5.41) is 10.3. The van der Waals surface area contributed by atoms with Crippen molar-refractivity contribution in [2.45, 2.75) is 25.4 Å². The fourth-order valence-electron chi connectivity index (χ4n) is 3.35. The number of piperidine rings is 1. The molecule has 0 aliphatic carbocycles. The molecule has 1 aliphatic heterocycles. The first-order valence-electron chi connectivity index (χ1n) is 9.69. The summed E-state index contributed by atoms with van der Waals surface area (Å²) in [7, 11) is 5.74. The molecule has 152 valence electrons. The quantitative estimate of drug-likeness (QED) is 0.763. The number of carbonyl (C=O) groups excluding carboxylic acids is 1. The van der Waals surface area contributed by atoms with E-state index < -0.39 is 0 Å². The Morgan fingerprint density at radius 1 is 1.25 bits per heavy atom. The molecule has 2 N–H and O–H groups in total. The molecule has 1 aromatic carbocycles. The second kappa shape index (κ2) is 9.45. The maximum atomic E-state index is 12.3. The minimum atomic E-state index is -0.200. The number of ether oxygens (including phenoxy) is 1. The van der Waals surface area contributed by atoms with Crippen molar-refractivity contribution in [1.29, 1.82) is 0 Å². The van der Waals surface area contributed by atoms with Gasteiger partial charge < -0.3 is 19.9 Å². The number of anilines is 2. The summed E-state index contributed by atoms with van der Waals surface area (Å²) in [6, 6.07) is 9.82. The van der Waals surface area contributed by atoms with E-state index in [4.69, 9.17) is 4.74 Å². The molecule has 1 saturated heterocycles. The van der Waals surface area contributed by atoms with E-state index >= 15 is 0 Å². The molecule has 2 aromatic rings. The molecule has 2 amide bonds. The highest BCUT2D eigenvalue weighted by Gasteiger charge is 2.22. The lowest BCUT2D eigenvalue weighted by Crippen LogP contribution is -2.46. The summed E-state index contributed by atoms with van der Waals surface area (Å²) in [5.74, 6) is 1.46. The molecule has 28 heavy (non-hydrogen) atoms. The van der Waals surface area contributed by atoms with Crippen LogP contribution in [0, 0.1) is 0 Å². The van der Waals surface area contributed by atoms with Gasteiger partial charge >= 0.3 is 6.03 Å². The third-order valence-corrected chi connectivity index (χ3v) is 4.91. The van der Waals surface area contributed by atoms with Crippen molar-refractivity contribution in [2.75, 3.05) is 51.1 Å². The van der Waals surface area contributed by atoms with Crippen molar-refractivity contribution in [3.8, 4) is 5.75 Å². The van der Waals surface area contributed by atoms with E-state index in [1.807, 2.05) is 49.2 Å². The zero-order chi connectivity index (χ0) is 19.9. The van der Waals surface area contributed by atoms with E-state index in [1.165, 1.54) is 0 Å². The molecule has 0 bridgehead atoms. The smallest absolute Gasteiger partial charge is 0.320 e. The van der Waals surface area contributed by atoms with Gasteiger partial charge in [-0.05, 0) is 39.1 Å². The van der Waals surface area contributed by atoms with E-state index in [0.717, 1.165) is 50.5 Å². The number of nitrogens with one attached hydrogen (secondary N) is 2. The molecule has 8 heteroatoms. The largest absolute Gasteiger partial charge is 0.495 e. The van der Waals surface area contributed by atoms with Gasteiger partial charge in [0, 0.05) is 37.9 Å². The van der Waals surface area contributed by atoms with Gasteiger partial charge in [0.25, 0.3) is 0 Å². The van der Waals surface area contributed by atoms with Crippen LogP contribution in [0.1, 0.15) is 12.8 Å². The van der Waals surface area contributed by atoms with Crippen molar-refractivity contribution >= 4 is 17.5 Å². The molecule has 0 radical (unpaired) electrons. The van der Waals surface area contributed by atoms with Gasteiger partial charge in [-0.2, -0.15) is 5.10 Å². The third kappa shape index (κ3) is 5.39. The number of hydrogen-bond acceptors (Lipinski definition) is 5. The summed E-state index contributed by atoms with van der Waals surface area (Å²) >= 11 is 0. The molecule has 1 aliphatic rings. The van der Waals surface area contributed by atoms with Gasteiger partial charge in [-0.1, -0.05) is 12.1 Å². The predicted molar refractivity (Wildman–Crippen MR) is 111 cm³/mol. The number of para-hydroxylation sites is 2. The molecule has 0 unspecified atom stereocenters. The molecule has 0 spiro atoms. The minimum absolute atomic E-state index is 0.154. The highest BCUT2D eigenvalue weighted by Crippen LogP contribution is 2.29. The summed E-state index contributed by atoms with van der Waals surface area (Å²) < 4.78 is 7.29. The van der Waals surface area contributed by atoms with E-state index in [-0.39, 0.29) is 12.1 Å². The Kier molecular flexibility index (Phi) is 6.76. The van der Waals surface area contributed by atoms with Crippen LogP contribution in [0.3, 0.4) is 0 Å². The summed E-state index contributed by atoms with van der Waals surface area (Å²) in [5.41, 5.74) is 1.11. The van der Waals surface area contributed by atoms with Crippen LogP contribution in [-0.2, 0) is 6.54 Å². The highest BCUT2D eigenvalue weighted by atomic mass is 16.5. The van der Waals surface area contributed by atoms with Gasteiger partial charge in [-0.15, -0.1) is 0 Å². The number of aromatic nitrogens is 2. The van der Waals surface area contributed by atoms with Gasteiger partial charge in [0.2, 0.25) is 0 Å². The van der Waals surface area contributed by atoms with Gasteiger partial charge in [-0.3, -0.25) is 10.00 Å². The molecule has 1 aromatic heterocycles. The van der Waals surface area contributed by atoms with Crippen LogP contribution in [0.4, 0.5) is 16.3 Å². The third-order valence-electron chi connectivity index (χ3n) is 4.91. The fraction of sp³-hybridized carbons (Fsp3) is 0.500. The van der Waals surface area contributed by atoms with Crippen LogP contribution in [0.5, 0.6) is 5.75 Å². The topological polar surface area (TPSA) is 74.7 Å². The normalized spacial score (nSPS) is 14.9. The number of urea groups is 1. The molecule has 2 heterocycles. The molecular formula is C20H30N6O2. The Bertz CT molecular complexity index is 768. The van der Waals surface area contributed by atoms with Crippen LogP contribution in [0.25, 0.3) is 0 Å². The van der Waals surface area contributed by atoms with E-state index in [9.17, 15) is 4.79 Å². The molecule has 8 nitrogen and oxygen atoms in total. The van der Waals surface area contributed by atoms with Crippen molar-refractivity contribution < 1.29 is 9.53 Å². The molecule has 0 atom stereocenters. The standard InChI is InChI=1S/C20H30N6O2/c1-24(2)14-15-26-13-10-19(23-26)22-20(27)21-16-8-11-25(12-9-16)17-6-4-5-7-18(17)28-3/h4-7,10,13,16H,8-9,11-12,14-15H2,1-3H3,(H2,21,22,23,27). The maximum absolute atomic E-state index is 12.3. The summed E-state index contributed by atoms with van der Waals surface area (Å²) in [6.07, 6.45) is 3.66. The SMILES string of the molecule is COc1ccccc1N1CCC(NC(=O)Nc2ccn(CCN(C)C)n2)CC1. The van der Waals surface area contributed by atoms with E-state index in [0.29, 0.717) is 5.82 Å². The zero-order valence-corrected chi connectivity index (χ0v) is 16.9. The Hall–Kier alpha value is -2.74. The van der Waals surface area contributed by atoms with Gasteiger partial charge in [-0.25, -0.2) is 4.79 Å². The number of carbonyl (C=O) groups is 1. The zero-order valence-electron chi connectivity index (χ0n) is 16.9. The van der Waals surface area contributed by atoms with Crippen molar-refractivity contribution in [3.05, 3.63) is 36.5 Å². The lowest BCUT2D eigenvalue weighted by atomic mass is 10.0. The first-order chi connectivity index (χ1) is 13.5. The van der Waals surface area contributed by atoms with Crippen molar-refractivity contribution in [2.24, 2.45) is 0 Å². The number of methoxy groups -OCH3 is 1. The van der Waals surface area contributed by atoms with Gasteiger partial charge in [0.05, 0.1) is 19.3 Å². The average molecular weight is 387 g/mol. The van der Waals surface area contributed by atoms with E-state index in [2.05, 4.69) is 31.6 Å². The number of nitrogens with zero attached hydrogens (tertiary/aromatic N) is 4. The van der Waals surface area contributed by atoms with Crippen molar-refractivity contribution in [3.63, 3.8) is 0 Å². The number of benzene rings is 1. The second-order valence-electron chi connectivity index (χ2n) is 7.30. The maximum Gasteiger partial charge on any atom is 0.320 e. The van der Waals surface area contributed by atoms with Crippen molar-refractivity contribution in [1.82, 2.24) is 20.0 Å². The Morgan fingerprint density at radius 2 is 2.00 bits per heavy atom. The average Bonchev–Trinajstić information content (AvgIpc) is 3.14. The minimum Gasteiger partial charge on any atom is -0.495 e. The predicted octanol–water partition coefficient (Wildman–Crippen LogP) is 2.24. The number of amides is 2. The van der Waals surface area contributed by atoms with Gasteiger partial charge in [0.15, 0.2) is 5.82 Å². The Balaban J connectivity index is 1.45. The van der Waals surface area contributed by atoms with Gasteiger partial charge in [0.1, 0.15) is 5.75 Å². The fourth-order valence-corrected chi connectivity index (χ4v) is 3.35. The lowest BCUT2D eigenvalue weighted by molar-refractivity contribution is 0.246. The van der Waals surface area contributed by atoms with Crippen LogP contribution < -0.4 is 20.3 Å². The van der Waals surface area contributed by atoms with Crippen LogP contribution >= 0.6 is 0 Å². The van der Waals surface area contributed by atoms with E-state index in [1.54, 1.807) is 7.11 Å². The highest BCUT2D eigenvalue weighted by molar-refractivity contribution is 5.88. The number of hydrogen-bond donors (Lipinski definition) is 2. The molecule has 1 fully saturated rings. The summed E-state index contributed by atoms with van der Waals surface area (Å²) in [6.45, 7) is 3.45. The van der Waals surface area contributed by atoms with Crippen LogP contribution in [0.15, 0.2) is 36.5 Å². The summed E-state index contributed by atoms with van der Waals surface area (Å²) in [4.78, 5) is 16.7. The molecule has 3 rings (SSSR count). The molecule has 0 saturated carbocycles. The monoisotopic (exact) mass is 386 g/mol. The second-order valence-corrected chi connectivity index (χ2v) is 7.30. The van der Waals surface area contributed by atoms with Crippen LogP contribution in [0.2, 0.25) is 0 Å². The lowest BCUT2D eigenvalue weighted by Gasteiger charge is -2.34. The number of likely N-dealkylation sites (N-methyl/N-ethyl adjacent to an activating group) is 1. The van der Waals surface area contributed by atoms with Crippen LogP contribution in [-0.4, -0.2) is 67.6 Å². The Labute approximate surface area is 166 Å². The first kappa shape index (κ1) is 20.0. The number of rotatable bonds is 7. The first-order valence-corrected chi connectivity index (χ1v) is 9.69. The molecular weight excluding hydrogens is 356 g/mol. The Morgan fingerprint density at radius 3 is 2.71 bits per heavy atom.